The molecule has 5 N–H and O–H groups in total. The Morgan fingerprint density at radius 1 is 1.24 bits per heavy atom. The third kappa shape index (κ3) is 3.73. The van der Waals surface area contributed by atoms with Crippen LogP contribution in [0.25, 0.3) is 0 Å². The summed E-state index contributed by atoms with van der Waals surface area (Å²) < 4.78 is 4.63. The molecule has 0 saturated heterocycles. The molecule has 1 amide bonds. The van der Waals surface area contributed by atoms with E-state index in [0.29, 0.717) is 0 Å². The maximum Gasteiger partial charge on any atom is 0.340 e. The minimum absolute atomic E-state index is 0.0282. The van der Waals surface area contributed by atoms with Crippen LogP contribution in [0, 0.1) is 16.7 Å². The molecule has 8 nitrogen and oxygen atoms in total. The lowest BCUT2D eigenvalue weighted by molar-refractivity contribution is -0.110. The number of phenolic OH excluding ortho intramolecular Hbond substituents is 1. The van der Waals surface area contributed by atoms with E-state index in [9.17, 15) is 14.7 Å². The number of esters is 1. The molecule has 2 aromatic carbocycles. The fourth-order valence-electron chi connectivity index (χ4n) is 2.06. The summed E-state index contributed by atoms with van der Waals surface area (Å²) in [5.74, 6) is -1.89. The van der Waals surface area contributed by atoms with Crippen molar-refractivity contribution >= 4 is 29.0 Å². The van der Waals surface area contributed by atoms with Gasteiger partial charge in [0.2, 0.25) is 0 Å². The molecule has 2 rings (SSSR count). The van der Waals surface area contributed by atoms with Crippen molar-refractivity contribution in [2.24, 2.45) is 0 Å². The van der Waals surface area contributed by atoms with E-state index in [-0.39, 0.29) is 33.8 Å². The largest absolute Gasteiger partial charge is 0.507 e. The number of benzene rings is 2. The zero-order valence-electron chi connectivity index (χ0n) is 13.2. The average molecular weight is 338 g/mol. The number of phenols is 1. The quantitative estimate of drug-likeness (QED) is 0.288. The van der Waals surface area contributed by atoms with Crippen LogP contribution in [0.15, 0.2) is 36.4 Å². The maximum absolute atomic E-state index is 12.3. The maximum atomic E-state index is 12.3. The molecule has 0 atom stereocenters. The van der Waals surface area contributed by atoms with Crippen molar-refractivity contribution in [2.45, 2.75) is 0 Å². The first-order chi connectivity index (χ1) is 11.9. The fourth-order valence-corrected chi connectivity index (χ4v) is 2.06. The van der Waals surface area contributed by atoms with E-state index >= 15 is 0 Å². The molecule has 0 bridgehead atoms. The van der Waals surface area contributed by atoms with Crippen LogP contribution in [-0.4, -0.2) is 29.8 Å². The Morgan fingerprint density at radius 2 is 1.96 bits per heavy atom. The van der Waals surface area contributed by atoms with E-state index < -0.39 is 17.6 Å². The highest BCUT2D eigenvalue weighted by Gasteiger charge is 2.20. The lowest BCUT2D eigenvalue weighted by atomic mass is 10.1. The minimum atomic E-state index is -0.865. The van der Waals surface area contributed by atoms with Gasteiger partial charge < -0.3 is 20.9 Å². The van der Waals surface area contributed by atoms with Crippen molar-refractivity contribution < 1.29 is 19.4 Å². The Balaban J connectivity index is 2.34. The molecule has 0 aliphatic heterocycles. The number of anilines is 2. The van der Waals surface area contributed by atoms with Gasteiger partial charge in [-0.15, -0.1) is 0 Å². The summed E-state index contributed by atoms with van der Waals surface area (Å²) in [5.41, 5.74) is 5.55. The average Bonchev–Trinajstić information content (AvgIpc) is 2.62. The van der Waals surface area contributed by atoms with Crippen molar-refractivity contribution in [2.75, 3.05) is 18.2 Å². The molecule has 0 aliphatic carbocycles. The van der Waals surface area contributed by atoms with Crippen molar-refractivity contribution in [3.05, 3.63) is 53.1 Å². The number of rotatable bonds is 4. The Kier molecular flexibility index (Phi) is 5.00. The molecule has 0 saturated carbocycles. The van der Waals surface area contributed by atoms with Crippen LogP contribution in [0.1, 0.15) is 21.5 Å². The third-order valence-electron chi connectivity index (χ3n) is 3.32. The zero-order valence-corrected chi connectivity index (χ0v) is 13.2. The summed E-state index contributed by atoms with van der Waals surface area (Å²) in [6, 6.07) is 9.90. The molecule has 25 heavy (non-hydrogen) atoms. The van der Waals surface area contributed by atoms with Gasteiger partial charge in [-0.25, -0.2) is 4.79 Å². The fraction of sp³-hybridized carbons (Fsp3) is 0.0588. The second-order valence-corrected chi connectivity index (χ2v) is 4.97. The summed E-state index contributed by atoms with van der Waals surface area (Å²) in [6.45, 7) is 0. The highest BCUT2D eigenvalue weighted by atomic mass is 16.5. The van der Waals surface area contributed by atoms with Gasteiger partial charge in [-0.1, -0.05) is 0 Å². The van der Waals surface area contributed by atoms with Crippen LogP contribution < -0.4 is 11.1 Å². The smallest absolute Gasteiger partial charge is 0.340 e. The normalized spacial score (nSPS) is 9.76. The van der Waals surface area contributed by atoms with E-state index in [1.54, 1.807) is 0 Å². The number of nitrogens with zero attached hydrogens (tertiary/aromatic N) is 1. The summed E-state index contributed by atoms with van der Waals surface area (Å²) in [4.78, 5) is 24.1. The topological polar surface area (TPSA) is 149 Å². The molecule has 0 fully saturated rings. The van der Waals surface area contributed by atoms with Crippen molar-refractivity contribution in [1.29, 1.82) is 10.7 Å². The van der Waals surface area contributed by atoms with Gasteiger partial charge in [-0.3, -0.25) is 10.2 Å². The lowest BCUT2D eigenvalue weighted by Crippen LogP contribution is -2.24. The van der Waals surface area contributed by atoms with Crippen LogP contribution >= 0.6 is 0 Å². The second-order valence-electron chi connectivity index (χ2n) is 4.97. The van der Waals surface area contributed by atoms with Gasteiger partial charge in [-0.05, 0) is 36.4 Å². The molecule has 0 spiro atoms. The highest BCUT2D eigenvalue weighted by molar-refractivity contribution is 6.48. The van der Waals surface area contributed by atoms with Crippen molar-refractivity contribution in [3.63, 3.8) is 0 Å². The van der Waals surface area contributed by atoms with Gasteiger partial charge >= 0.3 is 5.97 Å². The molecule has 2 aromatic rings. The van der Waals surface area contributed by atoms with Gasteiger partial charge in [0.1, 0.15) is 11.5 Å². The molecular weight excluding hydrogens is 324 g/mol. The molecule has 0 radical (unpaired) electrons. The second kappa shape index (κ2) is 7.14. The number of nitrogens with one attached hydrogen (secondary N) is 2. The number of nitrogen functional groups attached to an aromatic ring is 1. The minimum Gasteiger partial charge on any atom is -0.507 e. The van der Waals surface area contributed by atoms with Gasteiger partial charge in [-0.2, -0.15) is 5.26 Å². The number of amides is 1. The van der Waals surface area contributed by atoms with E-state index in [4.69, 9.17) is 16.4 Å². The van der Waals surface area contributed by atoms with Crippen molar-refractivity contribution in [3.8, 4) is 11.8 Å². The lowest BCUT2D eigenvalue weighted by Gasteiger charge is -2.11. The number of nitrogens with two attached hydrogens (primary N) is 1. The number of aromatic hydroxyl groups is 1. The van der Waals surface area contributed by atoms with E-state index in [0.717, 1.165) is 0 Å². The SMILES string of the molecule is COC(=O)c1cc(C#N)ccc1NC(=O)C(=N)c1cc(N)ccc1O. The number of carbonyl (C=O) groups excluding carboxylic acids is 2. The van der Waals surface area contributed by atoms with Gasteiger partial charge in [0.15, 0.2) is 0 Å². The first kappa shape index (κ1) is 17.5. The van der Waals surface area contributed by atoms with Crippen LogP contribution in [0.3, 0.4) is 0 Å². The number of nitriles is 1. The Labute approximate surface area is 143 Å². The number of ether oxygens (including phenoxy) is 1. The summed E-state index contributed by atoms with van der Waals surface area (Å²) >= 11 is 0. The van der Waals surface area contributed by atoms with E-state index in [1.807, 2.05) is 6.07 Å². The Morgan fingerprint density at radius 3 is 2.60 bits per heavy atom. The number of carbonyl (C=O) groups is 2. The predicted molar refractivity (Wildman–Crippen MR) is 90.5 cm³/mol. The molecule has 126 valence electrons. The number of hydrogen-bond donors (Lipinski definition) is 4. The molecule has 8 heteroatoms. The molecular formula is C17H14N4O4. The number of methoxy groups -OCH3 is 1. The molecule has 0 aliphatic rings. The summed E-state index contributed by atoms with van der Waals surface area (Å²) in [6.07, 6.45) is 0. The first-order valence-electron chi connectivity index (χ1n) is 6.98. The van der Waals surface area contributed by atoms with Crippen LogP contribution in [0.4, 0.5) is 11.4 Å². The van der Waals surface area contributed by atoms with Gasteiger partial charge in [0.25, 0.3) is 5.91 Å². The number of hydrogen-bond acceptors (Lipinski definition) is 7. The Bertz CT molecular complexity index is 915. The predicted octanol–water partition coefficient (Wildman–Crippen LogP) is 1.64. The van der Waals surface area contributed by atoms with E-state index in [2.05, 4.69) is 10.1 Å². The standard InChI is InChI=1S/C17H14N4O4/c1-25-17(24)11-6-9(8-18)2-4-13(11)21-16(23)15(20)12-7-10(19)3-5-14(12)22/h2-7,20,22H,19H2,1H3,(H,21,23). The van der Waals surface area contributed by atoms with Crippen LogP contribution in [0.2, 0.25) is 0 Å². The highest BCUT2D eigenvalue weighted by Crippen LogP contribution is 2.22. The van der Waals surface area contributed by atoms with E-state index in [1.165, 1.54) is 43.5 Å². The molecule has 0 aromatic heterocycles. The monoisotopic (exact) mass is 338 g/mol. The Hall–Kier alpha value is -3.86. The van der Waals surface area contributed by atoms with Gasteiger partial charge in [0.05, 0.1) is 30.0 Å². The first-order valence-corrected chi connectivity index (χ1v) is 6.98. The van der Waals surface area contributed by atoms with Crippen molar-refractivity contribution in [1.82, 2.24) is 0 Å². The molecule has 0 heterocycles. The zero-order chi connectivity index (χ0) is 18.6. The summed E-state index contributed by atoms with van der Waals surface area (Å²) in [5, 5.41) is 29.0. The van der Waals surface area contributed by atoms with Crippen LogP contribution in [0.5, 0.6) is 5.75 Å². The third-order valence-corrected chi connectivity index (χ3v) is 3.32. The van der Waals surface area contributed by atoms with Gasteiger partial charge in [0, 0.05) is 11.3 Å². The summed E-state index contributed by atoms with van der Waals surface area (Å²) in [7, 11) is 1.17. The molecule has 0 unspecified atom stereocenters. The van der Waals surface area contributed by atoms with Crippen LogP contribution in [-0.2, 0) is 9.53 Å².